The molecule has 1 heterocycles. The smallest absolute Gasteiger partial charge is 0.306 e. The maximum absolute atomic E-state index is 13.6. The van der Waals surface area contributed by atoms with Crippen LogP contribution in [0.15, 0.2) is 42.0 Å². The van der Waals surface area contributed by atoms with E-state index in [9.17, 15) is 29.4 Å². The molecule has 3 N–H and O–H groups in total. The van der Waals surface area contributed by atoms with Gasteiger partial charge in [-0.15, -0.1) is 0 Å². The second-order valence-corrected chi connectivity index (χ2v) is 16.9. The van der Waals surface area contributed by atoms with Gasteiger partial charge in [-0.25, -0.2) is 0 Å². The summed E-state index contributed by atoms with van der Waals surface area (Å²) in [7, 11) is 0. The van der Waals surface area contributed by atoms with Gasteiger partial charge in [0, 0.05) is 36.8 Å². The number of aliphatic hydroxyl groups excluding tert-OH is 1. The van der Waals surface area contributed by atoms with Gasteiger partial charge < -0.3 is 25.0 Å². The van der Waals surface area contributed by atoms with Crippen molar-refractivity contribution in [3.8, 4) is 0 Å². The van der Waals surface area contributed by atoms with Gasteiger partial charge >= 0.3 is 5.97 Å². The zero-order valence-corrected chi connectivity index (χ0v) is 30.4. The Morgan fingerprint density at radius 2 is 1.78 bits per heavy atom. The van der Waals surface area contributed by atoms with Crippen molar-refractivity contribution in [1.82, 2.24) is 5.32 Å². The van der Waals surface area contributed by atoms with Crippen molar-refractivity contribution >= 4 is 23.4 Å². The van der Waals surface area contributed by atoms with Crippen molar-refractivity contribution in [3.05, 3.63) is 47.5 Å². The molecule has 0 aromatic heterocycles. The van der Waals surface area contributed by atoms with Crippen LogP contribution in [0.2, 0.25) is 0 Å². The number of allylic oxidation sites excluding steroid dienone is 1. The number of hydrogen-bond acceptors (Lipinski definition) is 8. The monoisotopic (exact) mass is 691 g/mol. The van der Waals surface area contributed by atoms with Crippen LogP contribution in [0.3, 0.4) is 0 Å². The summed E-state index contributed by atoms with van der Waals surface area (Å²) in [6.07, 6.45) is 7.56. The SMILES string of the molecule is CC(C)[C@@H]1C[C@](CCNC(=O)CCC(=O)OCC(=O)[C@@]2(O)CC[C@H]3[C@@H]4CCC5=CC(=O)CC[C@]5(C)[C@H]4[C@@H](O)C[C@@]32C)(c2ccccc2)CCO1. The number of aliphatic hydroxyl groups is 2. The van der Waals surface area contributed by atoms with Gasteiger partial charge in [0.2, 0.25) is 11.7 Å². The number of amides is 1. The molecule has 9 atom stereocenters. The molecule has 5 aliphatic rings. The number of esters is 1. The van der Waals surface area contributed by atoms with E-state index in [2.05, 4.69) is 50.4 Å². The van der Waals surface area contributed by atoms with Gasteiger partial charge in [0.05, 0.1) is 18.6 Å². The predicted octanol–water partition coefficient (Wildman–Crippen LogP) is 5.39. The van der Waals surface area contributed by atoms with Gasteiger partial charge in [-0.2, -0.15) is 0 Å². The molecule has 0 spiro atoms. The van der Waals surface area contributed by atoms with E-state index < -0.39 is 35.5 Å². The van der Waals surface area contributed by atoms with Crippen molar-refractivity contribution in [2.75, 3.05) is 19.8 Å². The van der Waals surface area contributed by atoms with Crippen LogP contribution in [0.4, 0.5) is 0 Å². The van der Waals surface area contributed by atoms with Gasteiger partial charge in [-0.1, -0.05) is 63.6 Å². The fourth-order valence-electron chi connectivity index (χ4n) is 11.0. The van der Waals surface area contributed by atoms with E-state index in [1.54, 1.807) is 6.08 Å². The second kappa shape index (κ2) is 14.3. The number of nitrogens with one attached hydrogen (secondary N) is 1. The topological polar surface area (TPSA) is 139 Å². The maximum atomic E-state index is 13.6. The predicted molar refractivity (Wildman–Crippen MR) is 188 cm³/mol. The Morgan fingerprint density at radius 3 is 2.52 bits per heavy atom. The lowest BCUT2D eigenvalue weighted by molar-refractivity contribution is -0.184. The first-order valence-corrected chi connectivity index (χ1v) is 19.0. The highest BCUT2D eigenvalue weighted by Crippen LogP contribution is 2.67. The lowest BCUT2D eigenvalue weighted by Gasteiger charge is -2.60. The van der Waals surface area contributed by atoms with E-state index in [-0.39, 0.29) is 72.1 Å². The molecule has 9 nitrogen and oxygen atoms in total. The highest BCUT2D eigenvalue weighted by Gasteiger charge is 2.68. The molecule has 9 heteroatoms. The summed E-state index contributed by atoms with van der Waals surface area (Å²) in [5, 5.41) is 26.6. The molecule has 1 aromatic rings. The lowest BCUT2D eigenvalue weighted by Crippen LogP contribution is -2.62. The number of fused-ring (bicyclic) bond motifs is 5. The Balaban J connectivity index is 0.996. The summed E-state index contributed by atoms with van der Waals surface area (Å²) in [5.74, 6) is -0.747. The highest BCUT2D eigenvalue weighted by molar-refractivity contribution is 5.92. The molecule has 1 aromatic carbocycles. The second-order valence-electron chi connectivity index (χ2n) is 16.9. The van der Waals surface area contributed by atoms with E-state index >= 15 is 0 Å². The van der Waals surface area contributed by atoms with Gasteiger partial charge in [0.25, 0.3) is 0 Å². The summed E-state index contributed by atoms with van der Waals surface area (Å²) in [6.45, 7) is 9.02. The average molecular weight is 692 g/mol. The molecule has 3 saturated carbocycles. The molecule has 4 fully saturated rings. The molecular formula is C41H57NO8. The zero-order valence-electron chi connectivity index (χ0n) is 30.4. The Hall–Kier alpha value is -2.88. The third-order valence-corrected chi connectivity index (χ3v) is 14.0. The average Bonchev–Trinajstić information content (AvgIpc) is 3.37. The fraction of sp³-hybridized carbons (Fsp3) is 0.707. The normalized spacial score (nSPS) is 38.0. The molecule has 50 heavy (non-hydrogen) atoms. The minimum absolute atomic E-state index is 0.0207. The van der Waals surface area contributed by atoms with Gasteiger partial charge in [0.1, 0.15) is 5.60 Å². The Kier molecular flexibility index (Phi) is 10.5. The minimum Gasteiger partial charge on any atom is -0.458 e. The van der Waals surface area contributed by atoms with Crippen LogP contribution >= 0.6 is 0 Å². The minimum atomic E-state index is -1.71. The zero-order chi connectivity index (χ0) is 35.9. The number of hydrogen-bond donors (Lipinski definition) is 3. The molecule has 1 aliphatic heterocycles. The number of carbonyl (C=O) groups excluding carboxylic acids is 4. The summed E-state index contributed by atoms with van der Waals surface area (Å²) in [6, 6.07) is 10.4. The van der Waals surface area contributed by atoms with E-state index in [1.807, 2.05) is 13.0 Å². The highest BCUT2D eigenvalue weighted by atomic mass is 16.5. The first-order chi connectivity index (χ1) is 23.7. The Labute approximate surface area is 296 Å². The quantitative estimate of drug-likeness (QED) is 0.263. The molecule has 0 bridgehead atoms. The summed E-state index contributed by atoms with van der Waals surface area (Å²) >= 11 is 0. The molecule has 4 aliphatic carbocycles. The van der Waals surface area contributed by atoms with Crippen LogP contribution in [0.5, 0.6) is 0 Å². The summed E-state index contributed by atoms with van der Waals surface area (Å²) < 4.78 is 11.4. The maximum Gasteiger partial charge on any atom is 0.306 e. The van der Waals surface area contributed by atoms with Crippen molar-refractivity contribution in [2.24, 2.45) is 34.5 Å². The number of rotatable bonds is 11. The van der Waals surface area contributed by atoms with Crippen molar-refractivity contribution < 1.29 is 38.9 Å². The Morgan fingerprint density at radius 1 is 1.02 bits per heavy atom. The number of carbonyl (C=O) groups is 4. The molecule has 1 saturated heterocycles. The molecular weight excluding hydrogens is 634 g/mol. The van der Waals surface area contributed by atoms with Crippen molar-refractivity contribution in [1.29, 1.82) is 0 Å². The van der Waals surface area contributed by atoms with Crippen LogP contribution in [0.25, 0.3) is 0 Å². The van der Waals surface area contributed by atoms with Crippen molar-refractivity contribution in [3.63, 3.8) is 0 Å². The third-order valence-electron chi connectivity index (χ3n) is 14.0. The first-order valence-electron chi connectivity index (χ1n) is 19.0. The van der Waals surface area contributed by atoms with E-state index in [0.717, 1.165) is 44.1 Å². The van der Waals surface area contributed by atoms with Gasteiger partial charge in [-0.05, 0) is 98.5 Å². The number of Topliss-reactive ketones (excluding diaryl/α,β-unsaturated/α-hetero) is 1. The number of benzene rings is 1. The van der Waals surface area contributed by atoms with Gasteiger partial charge in [0.15, 0.2) is 12.4 Å². The molecule has 6 rings (SSSR count). The van der Waals surface area contributed by atoms with Crippen LogP contribution in [0, 0.1) is 34.5 Å². The van der Waals surface area contributed by atoms with Crippen LogP contribution < -0.4 is 5.32 Å². The standard InChI is InChI=1S/C41H57NO8/c1-26(2)33-24-40(19-21-49-33,27-8-6-5-7-9-27)18-20-42-35(46)12-13-36(47)50-25-34(45)41(48)17-15-31-30-11-10-28-22-29(43)14-16-38(28,3)37(30)32(44)23-39(31,41)4/h5-9,22,26,30-33,37,44,48H,10-21,23-25H2,1-4H3,(H,42,46)/t30-,31-,32-,33-,37+,38-,39-,40+,41-/m0/s1. The summed E-state index contributed by atoms with van der Waals surface area (Å²) in [4.78, 5) is 51.3. The number of ketones is 2. The fourth-order valence-corrected chi connectivity index (χ4v) is 11.0. The largest absolute Gasteiger partial charge is 0.458 e. The van der Waals surface area contributed by atoms with Crippen LogP contribution in [-0.4, -0.2) is 71.2 Å². The molecule has 0 radical (unpaired) electrons. The summed E-state index contributed by atoms with van der Waals surface area (Å²) in [5.41, 5.74) is -0.529. The van der Waals surface area contributed by atoms with Crippen molar-refractivity contribution in [2.45, 2.75) is 128 Å². The first kappa shape index (κ1) is 36.9. The van der Waals surface area contributed by atoms with Gasteiger partial charge in [-0.3, -0.25) is 19.2 Å². The lowest BCUT2D eigenvalue weighted by atomic mass is 9.45. The van der Waals surface area contributed by atoms with E-state index in [1.165, 1.54) is 5.56 Å². The Bertz CT molecular complexity index is 1490. The molecule has 274 valence electrons. The van der Waals surface area contributed by atoms with E-state index in [4.69, 9.17) is 9.47 Å². The van der Waals surface area contributed by atoms with E-state index in [0.29, 0.717) is 31.9 Å². The number of ether oxygens (including phenoxy) is 2. The molecule has 0 unspecified atom stereocenters. The van der Waals surface area contributed by atoms with Crippen LogP contribution in [-0.2, 0) is 34.1 Å². The third kappa shape index (κ3) is 6.63. The molecule has 1 amide bonds. The van der Waals surface area contributed by atoms with Crippen LogP contribution in [0.1, 0.15) is 110 Å².